The molecule has 0 aliphatic heterocycles. The molecule has 1 aliphatic carbocycles. The molecule has 0 aromatic heterocycles. The molecular weight excluding hydrogens is 364 g/mol. The summed E-state index contributed by atoms with van der Waals surface area (Å²) in [5.74, 6) is 0.974. The molecule has 0 N–H and O–H groups in total. The lowest BCUT2D eigenvalue weighted by molar-refractivity contribution is -0.148. The summed E-state index contributed by atoms with van der Waals surface area (Å²) in [6.07, 6.45) is 4.15. The van der Waals surface area contributed by atoms with Crippen LogP contribution in [0.2, 0.25) is 18.1 Å². The molecule has 1 saturated carbocycles. The number of rotatable bonds is 4. The zero-order valence-corrected chi connectivity index (χ0v) is 19.2. The van der Waals surface area contributed by atoms with Crippen molar-refractivity contribution in [2.24, 2.45) is 0 Å². The standard InChI is InChI=1S/C24H34O3Si/c1-17(25)26-21-14-10-9-13-20(21)23-19-12-8-7-11-18(19)15-16-22(23)27-28(5,6)24(2,3)4/h7-8,11-12,15-16,20-21H,9-10,13-14H2,1-6H3/t20-,21+/m1/s1. The van der Waals surface area contributed by atoms with E-state index in [1.54, 1.807) is 0 Å². The van der Waals surface area contributed by atoms with Crippen molar-refractivity contribution in [3.05, 3.63) is 42.0 Å². The van der Waals surface area contributed by atoms with Crippen LogP contribution in [-0.2, 0) is 9.53 Å². The van der Waals surface area contributed by atoms with Gasteiger partial charge in [0.05, 0.1) is 0 Å². The first-order valence-corrected chi connectivity index (χ1v) is 13.4. The molecule has 0 bridgehead atoms. The van der Waals surface area contributed by atoms with E-state index < -0.39 is 8.32 Å². The second-order valence-electron chi connectivity index (χ2n) is 9.60. The molecule has 0 saturated heterocycles. The fraction of sp³-hybridized carbons (Fsp3) is 0.542. The summed E-state index contributed by atoms with van der Waals surface area (Å²) < 4.78 is 12.6. The molecule has 2 atom stereocenters. The van der Waals surface area contributed by atoms with Gasteiger partial charge in [-0.25, -0.2) is 0 Å². The fourth-order valence-corrected chi connectivity index (χ4v) is 4.99. The van der Waals surface area contributed by atoms with Crippen molar-refractivity contribution >= 4 is 25.1 Å². The SMILES string of the molecule is CC(=O)O[C@H]1CCCC[C@H]1c1c(O[Si](C)(C)C(C)(C)C)ccc2ccccc12. The number of fused-ring (bicyclic) bond motifs is 1. The Morgan fingerprint density at radius 3 is 2.39 bits per heavy atom. The zero-order valence-electron chi connectivity index (χ0n) is 18.2. The van der Waals surface area contributed by atoms with E-state index in [-0.39, 0.29) is 23.0 Å². The molecule has 0 amide bonds. The molecule has 28 heavy (non-hydrogen) atoms. The Kier molecular flexibility index (Phi) is 5.90. The van der Waals surface area contributed by atoms with Crippen molar-refractivity contribution < 1.29 is 14.0 Å². The lowest BCUT2D eigenvalue weighted by Gasteiger charge is -2.39. The lowest BCUT2D eigenvalue weighted by atomic mass is 9.79. The summed E-state index contributed by atoms with van der Waals surface area (Å²) in [6.45, 7) is 12.9. The van der Waals surface area contributed by atoms with Crippen LogP contribution < -0.4 is 4.43 Å². The molecule has 1 fully saturated rings. The maximum Gasteiger partial charge on any atom is 0.302 e. The monoisotopic (exact) mass is 398 g/mol. The van der Waals surface area contributed by atoms with E-state index in [2.05, 4.69) is 70.3 Å². The number of ether oxygens (including phenoxy) is 1. The molecule has 2 aromatic rings. The Bertz CT molecular complexity index is 851. The summed E-state index contributed by atoms with van der Waals surface area (Å²) in [6, 6.07) is 12.8. The van der Waals surface area contributed by atoms with Crippen LogP contribution in [0.5, 0.6) is 5.75 Å². The third-order valence-corrected chi connectivity index (χ3v) is 10.8. The second-order valence-corrected chi connectivity index (χ2v) is 14.3. The van der Waals surface area contributed by atoms with Gasteiger partial charge in [0.15, 0.2) is 0 Å². The predicted octanol–water partition coefficient (Wildman–Crippen LogP) is 6.81. The van der Waals surface area contributed by atoms with Crippen LogP contribution in [0.25, 0.3) is 10.8 Å². The van der Waals surface area contributed by atoms with E-state index in [0.717, 1.165) is 31.4 Å². The second kappa shape index (κ2) is 7.90. The van der Waals surface area contributed by atoms with E-state index in [1.165, 1.54) is 23.3 Å². The highest BCUT2D eigenvalue weighted by atomic mass is 28.4. The van der Waals surface area contributed by atoms with Crippen LogP contribution >= 0.6 is 0 Å². The normalized spacial score (nSPS) is 20.8. The van der Waals surface area contributed by atoms with Crippen molar-refractivity contribution in [3.8, 4) is 5.75 Å². The molecule has 0 heterocycles. The van der Waals surface area contributed by atoms with E-state index in [9.17, 15) is 4.79 Å². The third kappa shape index (κ3) is 4.27. The Morgan fingerprint density at radius 1 is 1.04 bits per heavy atom. The molecule has 3 nitrogen and oxygen atoms in total. The average Bonchev–Trinajstić information content (AvgIpc) is 2.61. The topological polar surface area (TPSA) is 35.5 Å². The van der Waals surface area contributed by atoms with Crippen LogP contribution in [0, 0.1) is 0 Å². The van der Waals surface area contributed by atoms with Gasteiger partial charge < -0.3 is 9.16 Å². The Hall–Kier alpha value is -1.81. The maximum atomic E-state index is 11.8. The highest BCUT2D eigenvalue weighted by Crippen LogP contribution is 2.45. The molecule has 3 rings (SSSR count). The van der Waals surface area contributed by atoms with Gasteiger partial charge >= 0.3 is 5.97 Å². The first kappa shape index (κ1) is 20.9. The molecule has 0 radical (unpaired) electrons. The summed E-state index contributed by atoms with van der Waals surface area (Å²) in [7, 11) is -1.99. The summed E-state index contributed by atoms with van der Waals surface area (Å²) >= 11 is 0. The van der Waals surface area contributed by atoms with E-state index in [0.29, 0.717) is 0 Å². The van der Waals surface area contributed by atoms with Gasteiger partial charge in [0, 0.05) is 18.4 Å². The third-order valence-electron chi connectivity index (χ3n) is 6.49. The summed E-state index contributed by atoms with van der Waals surface area (Å²) in [5.41, 5.74) is 1.23. The first-order chi connectivity index (χ1) is 13.1. The van der Waals surface area contributed by atoms with Gasteiger partial charge in [-0.05, 0) is 54.2 Å². The van der Waals surface area contributed by atoms with Gasteiger partial charge in [0.25, 0.3) is 0 Å². The quantitative estimate of drug-likeness (QED) is 0.419. The maximum absolute atomic E-state index is 11.8. The highest BCUT2D eigenvalue weighted by Gasteiger charge is 2.40. The fourth-order valence-electron chi connectivity index (χ4n) is 3.96. The molecule has 0 unspecified atom stereocenters. The van der Waals surface area contributed by atoms with Crippen LogP contribution in [0.1, 0.15) is 64.9 Å². The minimum absolute atomic E-state index is 0.0705. The van der Waals surface area contributed by atoms with Crippen molar-refractivity contribution in [2.75, 3.05) is 0 Å². The van der Waals surface area contributed by atoms with E-state index >= 15 is 0 Å². The van der Waals surface area contributed by atoms with E-state index in [1.807, 2.05) is 0 Å². The van der Waals surface area contributed by atoms with Gasteiger partial charge in [-0.2, -0.15) is 0 Å². The first-order valence-electron chi connectivity index (χ1n) is 10.5. The molecule has 152 valence electrons. The summed E-state index contributed by atoms with van der Waals surface area (Å²) in [5, 5.41) is 2.56. The van der Waals surface area contributed by atoms with Crippen LogP contribution in [-0.4, -0.2) is 20.4 Å². The van der Waals surface area contributed by atoms with E-state index in [4.69, 9.17) is 9.16 Å². The van der Waals surface area contributed by atoms with Crippen LogP contribution in [0.15, 0.2) is 36.4 Å². The zero-order chi connectivity index (χ0) is 20.5. The molecular formula is C24H34O3Si. The molecule has 4 heteroatoms. The minimum Gasteiger partial charge on any atom is -0.543 e. The lowest BCUT2D eigenvalue weighted by Crippen LogP contribution is -2.44. The van der Waals surface area contributed by atoms with Crippen molar-refractivity contribution in [3.63, 3.8) is 0 Å². The van der Waals surface area contributed by atoms with Crippen LogP contribution in [0.4, 0.5) is 0 Å². The number of hydrogen-bond acceptors (Lipinski definition) is 3. The van der Waals surface area contributed by atoms with Gasteiger partial charge in [0.1, 0.15) is 11.9 Å². The predicted molar refractivity (Wildman–Crippen MR) is 119 cm³/mol. The Morgan fingerprint density at radius 2 is 1.71 bits per heavy atom. The Balaban J connectivity index is 2.13. The van der Waals surface area contributed by atoms with Crippen LogP contribution in [0.3, 0.4) is 0 Å². The van der Waals surface area contributed by atoms with Gasteiger partial charge in [0.2, 0.25) is 8.32 Å². The van der Waals surface area contributed by atoms with Gasteiger partial charge in [-0.1, -0.05) is 57.5 Å². The van der Waals surface area contributed by atoms with Crippen molar-refractivity contribution in [1.29, 1.82) is 0 Å². The molecule has 1 aliphatic rings. The van der Waals surface area contributed by atoms with Crippen molar-refractivity contribution in [2.45, 2.75) is 83.5 Å². The largest absolute Gasteiger partial charge is 0.543 e. The van der Waals surface area contributed by atoms with Gasteiger partial charge in [-0.3, -0.25) is 4.79 Å². The molecule has 0 spiro atoms. The smallest absolute Gasteiger partial charge is 0.302 e. The number of hydrogen-bond donors (Lipinski definition) is 0. The number of carbonyl (C=O) groups is 1. The number of esters is 1. The number of carbonyl (C=O) groups excluding carboxylic acids is 1. The minimum atomic E-state index is -1.99. The summed E-state index contributed by atoms with van der Waals surface area (Å²) in [4.78, 5) is 11.8. The van der Waals surface area contributed by atoms with Gasteiger partial charge in [-0.15, -0.1) is 0 Å². The average molecular weight is 399 g/mol. The van der Waals surface area contributed by atoms with Crippen molar-refractivity contribution in [1.82, 2.24) is 0 Å². The Labute approximate surface area is 170 Å². The highest BCUT2D eigenvalue weighted by molar-refractivity contribution is 6.74. The number of benzene rings is 2. The molecule has 2 aromatic carbocycles.